The maximum absolute atomic E-state index is 14.6. The van der Waals surface area contributed by atoms with Gasteiger partial charge in [0.15, 0.2) is 5.82 Å². The van der Waals surface area contributed by atoms with Crippen LogP contribution in [0.1, 0.15) is 28.8 Å². The van der Waals surface area contributed by atoms with Crippen LogP contribution in [0.25, 0.3) is 22.4 Å². The number of para-hydroxylation sites is 1. The number of benzene rings is 2. The largest absolute Gasteiger partial charge is 0.349 e. The van der Waals surface area contributed by atoms with Gasteiger partial charge in [0.1, 0.15) is 22.8 Å². The van der Waals surface area contributed by atoms with Gasteiger partial charge in [0.05, 0.1) is 12.1 Å². The number of carbonyl (C=O) groups excluding carboxylic acids is 1. The van der Waals surface area contributed by atoms with Gasteiger partial charge in [-0.1, -0.05) is 30.3 Å². The normalized spacial score (nSPS) is 13.5. The first-order chi connectivity index (χ1) is 14.6. The van der Waals surface area contributed by atoms with Crippen LogP contribution in [0.5, 0.6) is 0 Å². The molecule has 150 valence electrons. The van der Waals surface area contributed by atoms with Crippen molar-refractivity contribution in [2.24, 2.45) is 0 Å². The van der Waals surface area contributed by atoms with Gasteiger partial charge in [-0.15, -0.1) is 0 Å². The van der Waals surface area contributed by atoms with Gasteiger partial charge in [0.2, 0.25) is 0 Å². The molecule has 1 amide bonds. The van der Waals surface area contributed by atoms with Crippen molar-refractivity contribution in [1.82, 2.24) is 25.1 Å². The lowest BCUT2D eigenvalue weighted by Crippen LogP contribution is -2.25. The van der Waals surface area contributed by atoms with Crippen LogP contribution in [0, 0.1) is 11.6 Å². The van der Waals surface area contributed by atoms with E-state index in [1.54, 1.807) is 30.3 Å². The van der Waals surface area contributed by atoms with Crippen LogP contribution in [0.15, 0.2) is 54.9 Å². The maximum atomic E-state index is 14.6. The lowest BCUT2D eigenvalue weighted by Gasteiger charge is -2.05. The predicted octanol–water partition coefficient (Wildman–Crippen LogP) is 3.71. The zero-order chi connectivity index (χ0) is 20.7. The second kappa shape index (κ2) is 7.29. The van der Waals surface area contributed by atoms with Crippen molar-refractivity contribution in [3.8, 4) is 11.5 Å². The molecule has 1 N–H and O–H groups in total. The number of hydrogen-bond acceptors (Lipinski definition) is 4. The van der Waals surface area contributed by atoms with E-state index in [1.807, 2.05) is 0 Å². The summed E-state index contributed by atoms with van der Waals surface area (Å²) in [5.74, 6) is -0.810. The van der Waals surface area contributed by atoms with E-state index < -0.39 is 5.82 Å². The Hall–Kier alpha value is -3.68. The average Bonchev–Trinajstić information content (AvgIpc) is 3.49. The monoisotopic (exact) mass is 405 g/mol. The first-order valence-corrected chi connectivity index (χ1v) is 9.62. The number of carbonyl (C=O) groups is 1. The third-order valence-electron chi connectivity index (χ3n) is 5.04. The van der Waals surface area contributed by atoms with Crippen molar-refractivity contribution in [3.05, 3.63) is 77.6 Å². The third-order valence-corrected chi connectivity index (χ3v) is 5.04. The van der Waals surface area contributed by atoms with Crippen molar-refractivity contribution in [1.29, 1.82) is 0 Å². The second-order valence-corrected chi connectivity index (χ2v) is 7.28. The molecule has 2 aromatic carbocycles. The molecule has 0 saturated heterocycles. The van der Waals surface area contributed by atoms with Crippen LogP contribution >= 0.6 is 0 Å². The van der Waals surface area contributed by atoms with Crippen molar-refractivity contribution in [2.75, 3.05) is 0 Å². The number of hydrogen-bond donors (Lipinski definition) is 1. The van der Waals surface area contributed by atoms with E-state index in [4.69, 9.17) is 0 Å². The number of fused-ring (bicyclic) bond motifs is 1. The average molecular weight is 405 g/mol. The van der Waals surface area contributed by atoms with Gasteiger partial charge in [-0.2, -0.15) is 5.10 Å². The summed E-state index contributed by atoms with van der Waals surface area (Å²) in [6.07, 6.45) is 4.84. The fourth-order valence-corrected chi connectivity index (χ4v) is 3.32. The number of halogens is 2. The Balaban J connectivity index is 1.54. The molecule has 8 heteroatoms. The number of nitrogens with one attached hydrogen (secondary N) is 1. The van der Waals surface area contributed by atoms with Crippen molar-refractivity contribution in [3.63, 3.8) is 0 Å². The molecular formula is C22H17F2N5O. The zero-order valence-electron chi connectivity index (χ0n) is 15.8. The Bertz CT molecular complexity index is 1250. The van der Waals surface area contributed by atoms with E-state index in [2.05, 4.69) is 20.4 Å². The molecule has 0 unspecified atom stereocenters. The number of aromatic nitrogens is 4. The Kier molecular flexibility index (Phi) is 4.46. The topological polar surface area (TPSA) is 72.7 Å². The van der Waals surface area contributed by atoms with Crippen LogP contribution in [0.2, 0.25) is 0 Å². The van der Waals surface area contributed by atoms with E-state index in [1.165, 1.54) is 29.2 Å². The molecule has 0 aliphatic heterocycles. The summed E-state index contributed by atoms with van der Waals surface area (Å²) < 4.78 is 30.2. The van der Waals surface area contributed by atoms with Gasteiger partial charge >= 0.3 is 0 Å². The molecule has 1 fully saturated rings. The first-order valence-electron chi connectivity index (χ1n) is 9.62. The SMILES string of the molecule is O=C(NC1CC1)c1cnc(-c2nn(Cc3ccccc3F)c3c(F)cccc23)nc1. The third kappa shape index (κ3) is 3.41. The van der Waals surface area contributed by atoms with E-state index >= 15 is 0 Å². The summed E-state index contributed by atoms with van der Waals surface area (Å²) >= 11 is 0. The highest BCUT2D eigenvalue weighted by atomic mass is 19.1. The maximum Gasteiger partial charge on any atom is 0.254 e. The first kappa shape index (κ1) is 18.4. The van der Waals surface area contributed by atoms with Crippen molar-refractivity contribution in [2.45, 2.75) is 25.4 Å². The minimum Gasteiger partial charge on any atom is -0.349 e. The van der Waals surface area contributed by atoms with Crippen molar-refractivity contribution < 1.29 is 13.6 Å². The van der Waals surface area contributed by atoms with Gasteiger partial charge in [0, 0.05) is 29.4 Å². The highest BCUT2D eigenvalue weighted by molar-refractivity contribution is 5.95. The van der Waals surface area contributed by atoms with Crippen molar-refractivity contribution >= 4 is 16.8 Å². The number of amides is 1. The number of rotatable bonds is 5. The quantitative estimate of drug-likeness (QED) is 0.549. The lowest BCUT2D eigenvalue weighted by molar-refractivity contribution is 0.0950. The van der Waals surface area contributed by atoms with E-state index in [0.717, 1.165) is 12.8 Å². The van der Waals surface area contributed by atoms with Crippen LogP contribution in [0.3, 0.4) is 0 Å². The predicted molar refractivity (Wildman–Crippen MR) is 107 cm³/mol. The van der Waals surface area contributed by atoms with Gasteiger partial charge < -0.3 is 5.32 Å². The van der Waals surface area contributed by atoms with E-state index in [0.29, 0.717) is 22.2 Å². The Morgan fingerprint density at radius 2 is 1.77 bits per heavy atom. The van der Waals surface area contributed by atoms with Gasteiger partial charge in [-0.3, -0.25) is 9.48 Å². The summed E-state index contributed by atoms with van der Waals surface area (Å²) in [6.45, 7) is 0.0615. The van der Waals surface area contributed by atoms with Crippen LogP contribution < -0.4 is 5.32 Å². The molecule has 0 spiro atoms. The molecule has 0 radical (unpaired) electrons. The molecule has 5 rings (SSSR count). The molecule has 0 atom stereocenters. The van der Waals surface area contributed by atoms with Crippen LogP contribution in [-0.2, 0) is 6.54 Å². The minimum absolute atomic E-state index is 0.0615. The molecule has 4 aromatic rings. The molecule has 2 aromatic heterocycles. The molecule has 2 heterocycles. The van der Waals surface area contributed by atoms with Crippen LogP contribution in [0.4, 0.5) is 8.78 Å². The Morgan fingerprint density at radius 3 is 2.50 bits per heavy atom. The Labute approximate surface area is 170 Å². The highest BCUT2D eigenvalue weighted by Crippen LogP contribution is 2.28. The summed E-state index contributed by atoms with van der Waals surface area (Å²) in [5.41, 5.74) is 1.36. The summed E-state index contributed by atoms with van der Waals surface area (Å²) in [4.78, 5) is 20.7. The van der Waals surface area contributed by atoms with Gasteiger partial charge in [0.25, 0.3) is 5.91 Å². The van der Waals surface area contributed by atoms with E-state index in [-0.39, 0.29) is 35.7 Å². The fourth-order valence-electron chi connectivity index (χ4n) is 3.32. The molecule has 1 aliphatic carbocycles. The zero-order valence-corrected chi connectivity index (χ0v) is 15.8. The second-order valence-electron chi connectivity index (χ2n) is 7.28. The lowest BCUT2D eigenvalue weighted by atomic mass is 10.2. The van der Waals surface area contributed by atoms with Gasteiger partial charge in [-0.25, -0.2) is 18.7 Å². The number of nitrogens with zero attached hydrogens (tertiary/aromatic N) is 4. The fraction of sp³-hybridized carbons (Fsp3) is 0.182. The minimum atomic E-state index is -0.469. The molecule has 30 heavy (non-hydrogen) atoms. The molecule has 1 saturated carbocycles. The molecule has 0 bridgehead atoms. The molecular weight excluding hydrogens is 388 g/mol. The summed E-state index contributed by atoms with van der Waals surface area (Å²) in [5, 5.41) is 7.87. The molecule has 1 aliphatic rings. The Morgan fingerprint density at radius 1 is 1.03 bits per heavy atom. The molecule has 6 nitrogen and oxygen atoms in total. The summed E-state index contributed by atoms with van der Waals surface area (Å²) in [7, 11) is 0. The smallest absolute Gasteiger partial charge is 0.254 e. The van der Waals surface area contributed by atoms with Crippen LogP contribution in [-0.4, -0.2) is 31.7 Å². The van der Waals surface area contributed by atoms with Gasteiger partial charge in [-0.05, 0) is 25.0 Å². The highest BCUT2D eigenvalue weighted by Gasteiger charge is 2.24. The van der Waals surface area contributed by atoms with E-state index in [9.17, 15) is 13.6 Å². The summed E-state index contributed by atoms with van der Waals surface area (Å²) in [6, 6.07) is 11.2. The standard InChI is InChI=1S/C22H17F2N5O/c23-17-6-2-1-4-13(17)12-29-20-16(5-3-7-18(20)24)19(28-29)21-25-10-14(11-26-21)22(30)27-15-8-9-15/h1-7,10-11,15H,8-9,12H2,(H,27,30).